The van der Waals surface area contributed by atoms with E-state index in [0.717, 1.165) is 6.26 Å². The maximum Gasteiger partial charge on any atom is 0.280 e. The maximum absolute atomic E-state index is 11.6. The Morgan fingerprint density at radius 3 is 1.82 bits per heavy atom. The van der Waals surface area contributed by atoms with Crippen LogP contribution in [0, 0.1) is 0 Å². The average Bonchev–Trinajstić information content (AvgIpc) is 1.87. The summed E-state index contributed by atoms with van der Waals surface area (Å²) in [4.78, 5) is 0. The third-order valence-corrected chi connectivity index (χ3v) is 0.868. The highest BCUT2D eigenvalue weighted by atomic mass is 19.3. The Labute approximate surface area is 61.7 Å². The topological polar surface area (TPSA) is 9.23 Å². The third-order valence-electron chi connectivity index (χ3n) is 0.868. The average molecular weight is 172 g/mol. The molecule has 0 amide bonds. The van der Waals surface area contributed by atoms with E-state index in [1.807, 2.05) is 0 Å². The molecule has 0 radical (unpaired) electrons. The van der Waals surface area contributed by atoms with Gasteiger partial charge in [0.2, 0.25) is 6.10 Å². The molecule has 0 saturated carbocycles. The maximum atomic E-state index is 11.6. The van der Waals surface area contributed by atoms with Gasteiger partial charge in [-0.1, -0.05) is 6.08 Å². The van der Waals surface area contributed by atoms with Crippen LogP contribution < -0.4 is 0 Å². The van der Waals surface area contributed by atoms with Crippen molar-refractivity contribution in [3.05, 3.63) is 12.3 Å². The van der Waals surface area contributed by atoms with Crippen LogP contribution in [-0.2, 0) is 4.74 Å². The molecule has 0 atom stereocenters. The zero-order valence-electron chi connectivity index (χ0n) is 5.81. The first kappa shape index (κ1) is 10.3. The highest BCUT2D eigenvalue weighted by Gasteiger charge is 2.30. The highest BCUT2D eigenvalue weighted by Crippen LogP contribution is 2.14. The van der Waals surface area contributed by atoms with Gasteiger partial charge in [-0.05, 0) is 6.92 Å². The van der Waals surface area contributed by atoms with Gasteiger partial charge in [-0.2, -0.15) is 0 Å². The smallest absolute Gasteiger partial charge is 0.280 e. The van der Waals surface area contributed by atoms with Gasteiger partial charge in [-0.3, -0.25) is 0 Å². The van der Waals surface area contributed by atoms with Crippen molar-refractivity contribution in [1.82, 2.24) is 0 Å². The summed E-state index contributed by atoms with van der Waals surface area (Å²) in [5, 5.41) is 0. The lowest BCUT2D eigenvalue weighted by Crippen LogP contribution is -2.28. The molecule has 0 heterocycles. The summed E-state index contributed by atoms with van der Waals surface area (Å²) < 4.78 is 50.6. The monoisotopic (exact) mass is 172 g/mol. The second kappa shape index (κ2) is 4.98. The number of ether oxygens (including phenoxy) is 1. The molecule has 0 aliphatic carbocycles. The standard InChI is InChI=1S/C6H8F4O/c1-2-3-11-4(5(7)8)6(9)10/h2-6H,1H3. The molecular weight excluding hydrogens is 164 g/mol. The van der Waals surface area contributed by atoms with Crippen LogP contribution in [0.1, 0.15) is 6.92 Å². The van der Waals surface area contributed by atoms with E-state index >= 15 is 0 Å². The predicted octanol–water partition coefficient (Wildman–Crippen LogP) is 2.44. The first-order valence-corrected chi connectivity index (χ1v) is 2.92. The first-order chi connectivity index (χ1) is 5.09. The van der Waals surface area contributed by atoms with Gasteiger partial charge in [-0.15, -0.1) is 0 Å². The Balaban J connectivity index is 3.89. The van der Waals surface area contributed by atoms with Crippen LogP contribution in [-0.4, -0.2) is 19.0 Å². The molecule has 0 aliphatic heterocycles. The summed E-state index contributed by atoms with van der Waals surface area (Å²) >= 11 is 0. The quantitative estimate of drug-likeness (QED) is 0.467. The number of hydrogen-bond donors (Lipinski definition) is 0. The van der Waals surface area contributed by atoms with Gasteiger partial charge in [0.05, 0.1) is 6.26 Å². The van der Waals surface area contributed by atoms with Gasteiger partial charge in [-0.25, -0.2) is 17.6 Å². The second-order valence-corrected chi connectivity index (χ2v) is 1.74. The van der Waals surface area contributed by atoms with E-state index in [4.69, 9.17) is 0 Å². The van der Waals surface area contributed by atoms with Gasteiger partial charge in [0.1, 0.15) is 0 Å². The second-order valence-electron chi connectivity index (χ2n) is 1.74. The zero-order valence-corrected chi connectivity index (χ0v) is 5.81. The lowest BCUT2D eigenvalue weighted by molar-refractivity contribution is -0.0965. The van der Waals surface area contributed by atoms with Crippen LogP contribution in [0.3, 0.4) is 0 Å². The molecule has 0 aromatic carbocycles. The Morgan fingerprint density at radius 1 is 1.09 bits per heavy atom. The van der Waals surface area contributed by atoms with Crippen molar-refractivity contribution >= 4 is 0 Å². The zero-order chi connectivity index (χ0) is 8.85. The molecule has 0 saturated heterocycles. The van der Waals surface area contributed by atoms with E-state index in [1.54, 1.807) is 0 Å². The number of hydrogen-bond acceptors (Lipinski definition) is 1. The molecule has 11 heavy (non-hydrogen) atoms. The molecule has 0 bridgehead atoms. The first-order valence-electron chi connectivity index (χ1n) is 2.92. The fourth-order valence-corrected chi connectivity index (χ4v) is 0.398. The molecule has 0 spiro atoms. The molecule has 0 unspecified atom stereocenters. The van der Waals surface area contributed by atoms with Gasteiger partial charge < -0.3 is 4.74 Å². The molecule has 0 N–H and O–H groups in total. The molecule has 0 rings (SSSR count). The minimum absolute atomic E-state index is 0.822. The van der Waals surface area contributed by atoms with Crippen molar-refractivity contribution < 1.29 is 22.3 Å². The molecular formula is C6H8F4O. The van der Waals surface area contributed by atoms with Crippen molar-refractivity contribution in [3.63, 3.8) is 0 Å². The Hall–Kier alpha value is -0.740. The van der Waals surface area contributed by atoms with Crippen molar-refractivity contribution in [2.45, 2.75) is 25.9 Å². The van der Waals surface area contributed by atoms with Crippen LogP contribution in [0.2, 0.25) is 0 Å². The fourth-order valence-electron chi connectivity index (χ4n) is 0.398. The SMILES string of the molecule is CC=COC(C(F)F)C(F)F. The summed E-state index contributed by atoms with van der Waals surface area (Å²) in [6.45, 7) is 1.48. The lowest BCUT2D eigenvalue weighted by atomic mass is 10.4. The van der Waals surface area contributed by atoms with E-state index in [9.17, 15) is 17.6 Å². The third kappa shape index (κ3) is 3.85. The Kier molecular flexibility index (Phi) is 4.65. The van der Waals surface area contributed by atoms with Gasteiger partial charge >= 0.3 is 0 Å². The van der Waals surface area contributed by atoms with Crippen molar-refractivity contribution in [2.24, 2.45) is 0 Å². The van der Waals surface area contributed by atoms with Crippen LogP contribution in [0.5, 0.6) is 0 Å². The molecule has 1 nitrogen and oxygen atoms in total. The number of rotatable bonds is 4. The fraction of sp³-hybridized carbons (Fsp3) is 0.667. The van der Waals surface area contributed by atoms with Crippen molar-refractivity contribution in [2.75, 3.05) is 0 Å². The Morgan fingerprint density at radius 2 is 1.55 bits per heavy atom. The summed E-state index contributed by atoms with van der Waals surface area (Å²) in [5.41, 5.74) is 0. The minimum Gasteiger partial charge on any atom is -0.486 e. The Bertz CT molecular complexity index is 116. The highest BCUT2D eigenvalue weighted by molar-refractivity contribution is 4.72. The van der Waals surface area contributed by atoms with Crippen LogP contribution in [0.4, 0.5) is 17.6 Å². The lowest BCUT2D eigenvalue weighted by Gasteiger charge is -2.13. The number of halogens is 4. The normalized spacial score (nSPS) is 12.4. The summed E-state index contributed by atoms with van der Waals surface area (Å²) in [5.74, 6) is 0. The summed E-state index contributed by atoms with van der Waals surface area (Å²) in [7, 11) is 0. The van der Waals surface area contributed by atoms with Gasteiger partial charge in [0.25, 0.3) is 12.9 Å². The molecule has 66 valence electrons. The largest absolute Gasteiger partial charge is 0.486 e. The molecule has 0 aromatic heterocycles. The van der Waals surface area contributed by atoms with E-state index in [-0.39, 0.29) is 0 Å². The van der Waals surface area contributed by atoms with E-state index in [1.165, 1.54) is 13.0 Å². The van der Waals surface area contributed by atoms with Gasteiger partial charge in [0.15, 0.2) is 0 Å². The van der Waals surface area contributed by atoms with E-state index < -0.39 is 19.0 Å². The molecule has 0 fully saturated rings. The molecule has 5 heteroatoms. The number of allylic oxidation sites excluding steroid dienone is 1. The van der Waals surface area contributed by atoms with E-state index in [2.05, 4.69) is 4.74 Å². The van der Waals surface area contributed by atoms with Crippen LogP contribution in [0.25, 0.3) is 0 Å². The van der Waals surface area contributed by atoms with Crippen molar-refractivity contribution in [3.8, 4) is 0 Å². The minimum atomic E-state index is -3.16. The van der Waals surface area contributed by atoms with Gasteiger partial charge in [0, 0.05) is 0 Å². The van der Waals surface area contributed by atoms with Crippen LogP contribution in [0.15, 0.2) is 12.3 Å². The van der Waals surface area contributed by atoms with Crippen LogP contribution >= 0.6 is 0 Å². The predicted molar refractivity (Wildman–Crippen MR) is 31.7 cm³/mol. The number of alkyl halides is 4. The summed E-state index contributed by atoms with van der Waals surface area (Å²) in [6.07, 6.45) is -6.55. The molecule has 0 aromatic rings. The van der Waals surface area contributed by atoms with E-state index in [0.29, 0.717) is 0 Å². The summed E-state index contributed by atoms with van der Waals surface area (Å²) in [6, 6.07) is 0. The molecule has 0 aliphatic rings. The van der Waals surface area contributed by atoms with Crippen molar-refractivity contribution in [1.29, 1.82) is 0 Å².